The van der Waals surface area contributed by atoms with Crippen LogP contribution in [-0.4, -0.2) is 42.6 Å². The standard InChI is InChI=1S/C25H22N4O4S2/c1-14-9-18(33-35(4,31)32)10-15(2)23(14)24-27-19-7-5-16(11-20(19)28-24)25(30)29(3)17-6-8-22-21(12-17)26-13-34-22/h5-13H,1-4H3,(H,27,28). The Morgan fingerprint density at radius 1 is 1.03 bits per heavy atom. The molecule has 5 aromatic rings. The summed E-state index contributed by atoms with van der Waals surface area (Å²) < 4.78 is 29.1. The maximum atomic E-state index is 13.2. The molecule has 0 fully saturated rings. The minimum Gasteiger partial charge on any atom is -0.383 e. The zero-order chi connectivity index (χ0) is 24.9. The molecule has 0 aliphatic carbocycles. The normalized spacial score (nSPS) is 11.8. The third kappa shape index (κ3) is 4.50. The second-order valence-corrected chi connectivity index (χ2v) is 10.9. The first-order valence-electron chi connectivity index (χ1n) is 10.7. The summed E-state index contributed by atoms with van der Waals surface area (Å²) in [7, 11) is -1.88. The topological polar surface area (TPSA) is 105 Å². The summed E-state index contributed by atoms with van der Waals surface area (Å²) in [5.74, 6) is 0.745. The van der Waals surface area contributed by atoms with Gasteiger partial charge in [-0.3, -0.25) is 4.79 Å². The number of nitrogens with zero attached hydrogens (tertiary/aromatic N) is 3. The summed E-state index contributed by atoms with van der Waals surface area (Å²) in [5, 5.41) is 0. The highest BCUT2D eigenvalue weighted by Crippen LogP contribution is 2.32. The highest BCUT2D eigenvalue weighted by Gasteiger charge is 2.18. The van der Waals surface area contributed by atoms with Crippen LogP contribution in [0.5, 0.6) is 5.75 Å². The van der Waals surface area contributed by atoms with E-state index in [2.05, 4.69) is 9.97 Å². The number of aryl methyl sites for hydroxylation is 2. The lowest BCUT2D eigenvalue weighted by atomic mass is 10.0. The average Bonchev–Trinajstić information content (AvgIpc) is 3.42. The summed E-state index contributed by atoms with van der Waals surface area (Å²) in [4.78, 5) is 27.1. The lowest BCUT2D eigenvalue weighted by Gasteiger charge is -2.17. The summed E-state index contributed by atoms with van der Waals surface area (Å²) in [6.07, 6.45) is 1.01. The molecule has 5 rings (SSSR count). The number of imidazole rings is 1. The third-order valence-electron chi connectivity index (χ3n) is 5.73. The molecule has 0 atom stereocenters. The van der Waals surface area contributed by atoms with Crippen molar-refractivity contribution in [1.29, 1.82) is 0 Å². The molecule has 1 amide bonds. The van der Waals surface area contributed by atoms with Gasteiger partial charge in [0.05, 0.1) is 33.0 Å². The van der Waals surface area contributed by atoms with Crippen molar-refractivity contribution in [1.82, 2.24) is 15.0 Å². The summed E-state index contributed by atoms with van der Waals surface area (Å²) >= 11 is 1.56. The van der Waals surface area contributed by atoms with E-state index >= 15 is 0 Å². The molecular weight excluding hydrogens is 484 g/mol. The summed E-state index contributed by atoms with van der Waals surface area (Å²) in [5.41, 5.74) is 7.87. The van der Waals surface area contributed by atoms with Gasteiger partial charge in [-0.1, -0.05) is 0 Å². The molecule has 3 aromatic carbocycles. The molecule has 0 radical (unpaired) electrons. The Bertz CT molecular complexity index is 1700. The largest absolute Gasteiger partial charge is 0.383 e. The van der Waals surface area contributed by atoms with E-state index in [4.69, 9.17) is 9.17 Å². The molecule has 178 valence electrons. The minimum absolute atomic E-state index is 0.146. The molecule has 0 bridgehead atoms. The Morgan fingerprint density at radius 3 is 2.49 bits per heavy atom. The number of thiazole rings is 1. The van der Waals surface area contributed by atoms with E-state index in [1.54, 1.807) is 53.1 Å². The molecule has 35 heavy (non-hydrogen) atoms. The van der Waals surface area contributed by atoms with E-state index in [0.29, 0.717) is 11.4 Å². The van der Waals surface area contributed by atoms with Crippen LogP contribution in [0.25, 0.3) is 32.6 Å². The van der Waals surface area contributed by atoms with Crippen LogP contribution in [0.15, 0.2) is 54.0 Å². The highest BCUT2D eigenvalue weighted by atomic mass is 32.2. The number of carbonyl (C=O) groups is 1. The van der Waals surface area contributed by atoms with E-state index in [1.165, 1.54) is 0 Å². The van der Waals surface area contributed by atoms with E-state index in [1.807, 2.05) is 38.1 Å². The van der Waals surface area contributed by atoms with E-state index in [0.717, 1.165) is 49.9 Å². The van der Waals surface area contributed by atoms with E-state index in [9.17, 15) is 13.2 Å². The predicted octanol–water partition coefficient (Wildman–Crippen LogP) is 5.07. The fraction of sp³-hybridized carbons (Fsp3) is 0.160. The Morgan fingerprint density at radius 2 is 1.77 bits per heavy atom. The van der Waals surface area contributed by atoms with Crippen LogP contribution in [0.2, 0.25) is 0 Å². The SMILES string of the molecule is Cc1cc(OS(C)(=O)=O)cc(C)c1-c1nc2ccc(C(=O)N(C)c3ccc4scnc4c3)cc2[nH]1. The predicted molar refractivity (Wildman–Crippen MR) is 139 cm³/mol. The zero-order valence-corrected chi connectivity index (χ0v) is 21.1. The zero-order valence-electron chi connectivity index (χ0n) is 19.5. The molecule has 2 heterocycles. The van der Waals surface area contributed by atoms with Gasteiger partial charge in [0.15, 0.2) is 0 Å². The number of amides is 1. The third-order valence-corrected chi connectivity index (χ3v) is 7.03. The number of hydrogen-bond donors (Lipinski definition) is 1. The molecule has 0 saturated carbocycles. The van der Waals surface area contributed by atoms with Gasteiger partial charge < -0.3 is 14.1 Å². The van der Waals surface area contributed by atoms with E-state index < -0.39 is 10.1 Å². The summed E-state index contributed by atoms with van der Waals surface area (Å²) in [6, 6.07) is 14.5. The number of aromatic amines is 1. The maximum absolute atomic E-state index is 13.2. The first-order valence-corrected chi connectivity index (χ1v) is 13.4. The van der Waals surface area contributed by atoms with Crippen LogP contribution < -0.4 is 9.08 Å². The van der Waals surface area contributed by atoms with Crippen LogP contribution in [0, 0.1) is 13.8 Å². The van der Waals surface area contributed by atoms with Crippen molar-refractivity contribution in [3.63, 3.8) is 0 Å². The lowest BCUT2D eigenvalue weighted by Crippen LogP contribution is -2.26. The van der Waals surface area contributed by atoms with Crippen LogP contribution in [0.4, 0.5) is 5.69 Å². The maximum Gasteiger partial charge on any atom is 0.306 e. The van der Waals surface area contributed by atoms with Crippen molar-refractivity contribution < 1.29 is 17.4 Å². The number of fused-ring (bicyclic) bond motifs is 2. The fourth-order valence-electron chi connectivity index (χ4n) is 4.15. The monoisotopic (exact) mass is 506 g/mol. The number of hydrogen-bond acceptors (Lipinski definition) is 7. The van der Waals surface area contributed by atoms with Gasteiger partial charge in [-0.05, 0) is 73.5 Å². The molecule has 8 nitrogen and oxygen atoms in total. The Labute approximate surface area is 206 Å². The number of anilines is 1. The quantitative estimate of drug-likeness (QED) is 0.334. The van der Waals surface area contributed by atoms with Gasteiger partial charge in [0.2, 0.25) is 0 Å². The van der Waals surface area contributed by atoms with Gasteiger partial charge in [-0.25, -0.2) is 9.97 Å². The number of aromatic nitrogens is 3. The van der Waals surface area contributed by atoms with Gasteiger partial charge in [0.25, 0.3) is 5.91 Å². The fourth-order valence-corrected chi connectivity index (χ4v) is 5.25. The molecule has 0 aliphatic heterocycles. The van der Waals surface area contributed by atoms with Crippen LogP contribution in [0.3, 0.4) is 0 Å². The van der Waals surface area contributed by atoms with Gasteiger partial charge in [0.1, 0.15) is 11.6 Å². The van der Waals surface area contributed by atoms with Crippen molar-refractivity contribution >= 4 is 54.3 Å². The first kappa shape index (κ1) is 23.0. The highest BCUT2D eigenvalue weighted by molar-refractivity contribution is 7.86. The van der Waals surface area contributed by atoms with Gasteiger partial charge in [0, 0.05) is 23.9 Å². The van der Waals surface area contributed by atoms with Gasteiger partial charge >= 0.3 is 10.1 Å². The van der Waals surface area contributed by atoms with Crippen molar-refractivity contribution in [3.8, 4) is 17.1 Å². The Hall–Kier alpha value is -3.76. The molecule has 1 N–H and O–H groups in total. The number of nitrogens with one attached hydrogen (secondary N) is 1. The molecule has 2 aromatic heterocycles. The summed E-state index contributed by atoms with van der Waals surface area (Å²) in [6.45, 7) is 3.74. The molecule has 10 heteroatoms. The Kier molecular flexibility index (Phi) is 5.57. The lowest BCUT2D eigenvalue weighted by molar-refractivity contribution is 0.0993. The molecule has 0 spiro atoms. The van der Waals surface area contributed by atoms with Crippen molar-refractivity contribution in [2.24, 2.45) is 0 Å². The first-order chi connectivity index (χ1) is 16.6. The number of rotatable bonds is 5. The minimum atomic E-state index is -3.62. The molecular formula is C25H22N4O4S2. The second-order valence-electron chi connectivity index (χ2n) is 8.41. The number of H-pyrrole nitrogens is 1. The smallest absolute Gasteiger partial charge is 0.306 e. The van der Waals surface area contributed by atoms with Crippen molar-refractivity contribution in [2.75, 3.05) is 18.2 Å². The average molecular weight is 507 g/mol. The van der Waals surface area contributed by atoms with E-state index in [-0.39, 0.29) is 11.7 Å². The van der Waals surface area contributed by atoms with Crippen LogP contribution in [0.1, 0.15) is 21.5 Å². The van der Waals surface area contributed by atoms with Gasteiger partial charge in [-0.15, -0.1) is 11.3 Å². The van der Waals surface area contributed by atoms with Crippen molar-refractivity contribution in [2.45, 2.75) is 13.8 Å². The van der Waals surface area contributed by atoms with Crippen LogP contribution in [-0.2, 0) is 10.1 Å². The second kappa shape index (κ2) is 8.47. The molecule has 0 aliphatic rings. The van der Waals surface area contributed by atoms with Crippen LogP contribution >= 0.6 is 11.3 Å². The Balaban J connectivity index is 1.47. The molecule has 0 saturated heterocycles. The molecule has 0 unspecified atom stereocenters. The number of benzene rings is 3. The number of carbonyl (C=O) groups excluding carboxylic acids is 1. The van der Waals surface area contributed by atoms with Crippen molar-refractivity contribution in [3.05, 3.63) is 70.7 Å². The van der Waals surface area contributed by atoms with Gasteiger partial charge in [-0.2, -0.15) is 8.42 Å².